The maximum absolute atomic E-state index is 12.2. The van der Waals surface area contributed by atoms with Gasteiger partial charge < -0.3 is 9.47 Å². The molecular weight excluding hydrogens is 280 g/mol. The molecule has 0 spiro atoms. The van der Waals surface area contributed by atoms with Crippen LogP contribution in [0.1, 0.15) is 50.5 Å². The third-order valence-corrected chi connectivity index (χ3v) is 3.89. The summed E-state index contributed by atoms with van der Waals surface area (Å²) in [5.74, 6) is -1.86. The van der Waals surface area contributed by atoms with Crippen LogP contribution in [0.2, 0.25) is 0 Å². The molecule has 0 aliphatic carbocycles. The molecule has 1 rings (SSSR count). The van der Waals surface area contributed by atoms with Gasteiger partial charge in [0.15, 0.2) is 0 Å². The second-order valence-electron chi connectivity index (χ2n) is 5.39. The zero-order chi connectivity index (χ0) is 16.4. The van der Waals surface area contributed by atoms with E-state index >= 15 is 0 Å². The van der Waals surface area contributed by atoms with Crippen molar-refractivity contribution < 1.29 is 19.1 Å². The number of methoxy groups -OCH3 is 2. The van der Waals surface area contributed by atoms with Crippen LogP contribution < -0.4 is 0 Å². The molecule has 0 saturated heterocycles. The number of esters is 2. The predicted molar refractivity (Wildman–Crippen MR) is 85.5 cm³/mol. The molecule has 0 heterocycles. The molecule has 2 atom stereocenters. The number of hydrogen-bond acceptors (Lipinski definition) is 4. The molecule has 4 nitrogen and oxygen atoms in total. The van der Waals surface area contributed by atoms with Gasteiger partial charge in [-0.3, -0.25) is 9.59 Å². The molecule has 0 N–H and O–H groups in total. The smallest absolute Gasteiger partial charge is 0.314 e. The van der Waals surface area contributed by atoms with Crippen molar-refractivity contribution in [2.75, 3.05) is 14.2 Å². The van der Waals surface area contributed by atoms with E-state index in [0.717, 1.165) is 31.2 Å². The van der Waals surface area contributed by atoms with Crippen LogP contribution in [0, 0.1) is 5.92 Å². The molecule has 0 aliphatic heterocycles. The normalized spacial score (nSPS) is 13.2. The average Bonchev–Trinajstić information content (AvgIpc) is 2.57. The van der Waals surface area contributed by atoms with Gasteiger partial charge in [0, 0.05) is 0 Å². The van der Waals surface area contributed by atoms with Crippen molar-refractivity contribution in [2.24, 2.45) is 5.92 Å². The maximum Gasteiger partial charge on any atom is 0.314 e. The lowest BCUT2D eigenvalue weighted by atomic mass is 9.82. The van der Waals surface area contributed by atoms with Gasteiger partial charge in [0.2, 0.25) is 0 Å². The van der Waals surface area contributed by atoms with Gasteiger partial charge in [0.05, 0.1) is 26.1 Å². The van der Waals surface area contributed by atoms with Gasteiger partial charge in [-0.05, 0) is 12.0 Å². The molecule has 4 heteroatoms. The Labute approximate surface area is 132 Å². The first kappa shape index (κ1) is 18.2. The van der Waals surface area contributed by atoms with Crippen LogP contribution in [0.25, 0.3) is 0 Å². The van der Waals surface area contributed by atoms with Crippen molar-refractivity contribution in [3.8, 4) is 0 Å². The standard InChI is InChI=1S/C18H26O4/c1-4-5-6-10-13-15(17(19)21-2)16(18(20)22-3)14-11-8-7-9-12-14/h7-9,11-12,15-16H,4-6,10,13H2,1-3H3. The summed E-state index contributed by atoms with van der Waals surface area (Å²) in [7, 11) is 2.71. The first-order valence-corrected chi connectivity index (χ1v) is 7.86. The number of benzene rings is 1. The predicted octanol–water partition coefficient (Wildman–Crippen LogP) is 3.70. The SMILES string of the molecule is CCCCCCC(C(=O)OC)C(C(=O)OC)c1ccccc1. The molecule has 1 aromatic carbocycles. The van der Waals surface area contributed by atoms with E-state index < -0.39 is 17.8 Å². The summed E-state index contributed by atoms with van der Waals surface area (Å²) in [5, 5.41) is 0. The van der Waals surface area contributed by atoms with Crippen molar-refractivity contribution >= 4 is 11.9 Å². The Hall–Kier alpha value is -1.84. The lowest BCUT2D eigenvalue weighted by molar-refractivity contribution is -0.154. The maximum atomic E-state index is 12.2. The summed E-state index contributed by atoms with van der Waals surface area (Å²) in [5.41, 5.74) is 0.792. The summed E-state index contributed by atoms with van der Waals surface area (Å²) in [6.07, 6.45) is 4.83. The fourth-order valence-corrected chi connectivity index (χ4v) is 2.68. The summed E-state index contributed by atoms with van der Waals surface area (Å²) in [6.45, 7) is 2.14. The summed E-state index contributed by atoms with van der Waals surface area (Å²) in [4.78, 5) is 24.4. The van der Waals surface area contributed by atoms with E-state index in [4.69, 9.17) is 9.47 Å². The second-order valence-corrected chi connectivity index (χ2v) is 5.39. The van der Waals surface area contributed by atoms with Crippen molar-refractivity contribution in [1.82, 2.24) is 0 Å². The van der Waals surface area contributed by atoms with Gasteiger partial charge in [-0.25, -0.2) is 0 Å². The van der Waals surface area contributed by atoms with Crippen molar-refractivity contribution in [3.63, 3.8) is 0 Å². The monoisotopic (exact) mass is 306 g/mol. The average molecular weight is 306 g/mol. The van der Waals surface area contributed by atoms with Crippen molar-refractivity contribution in [2.45, 2.75) is 44.9 Å². The molecule has 0 amide bonds. The number of hydrogen-bond donors (Lipinski definition) is 0. The highest BCUT2D eigenvalue weighted by Crippen LogP contribution is 2.31. The Morgan fingerprint density at radius 1 is 0.955 bits per heavy atom. The molecule has 0 aliphatic rings. The Kier molecular flexibility index (Phi) is 8.26. The largest absolute Gasteiger partial charge is 0.469 e. The van der Waals surface area contributed by atoms with Crippen molar-refractivity contribution in [3.05, 3.63) is 35.9 Å². The molecule has 0 bridgehead atoms. The first-order valence-electron chi connectivity index (χ1n) is 7.86. The topological polar surface area (TPSA) is 52.6 Å². The molecule has 2 unspecified atom stereocenters. The number of unbranched alkanes of at least 4 members (excludes halogenated alkanes) is 3. The van der Waals surface area contributed by atoms with Gasteiger partial charge in [-0.1, -0.05) is 62.9 Å². The minimum Gasteiger partial charge on any atom is -0.469 e. The number of rotatable bonds is 9. The quantitative estimate of drug-likeness (QED) is 0.515. The van der Waals surface area contributed by atoms with E-state index in [1.807, 2.05) is 30.3 Å². The number of carbonyl (C=O) groups is 2. The Bertz CT molecular complexity index is 455. The van der Waals surface area contributed by atoms with Crippen LogP contribution in [-0.4, -0.2) is 26.2 Å². The zero-order valence-corrected chi connectivity index (χ0v) is 13.7. The summed E-state index contributed by atoms with van der Waals surface area (Å²) in [6, 6.07) is 9.30. The molecule has 0 radical (unpaired) electrons. The zero-order valence-electron chi connectivity index (χ0n) is 13.7. The fourth-order valence-electron chi connectivity index (χ4n) is 2.68. The fraction of sp³-hybridized carbons (Fsp3) is 0.556. The van der Waals surface area contributed by atoms with Gasteiger partial charge in [0.1, 0.15) is 0 Å². The van der Waals surface area contributed by atoms with E-state index in [1.165, 1.54) is 14.2 Å². The highest BCUT2D eigenvalue weighted by Gasteiger charge is 2.36. The third-order valence-electron chi connectivity index (χ3n) is 3.89. The van der Waals surface area contributed by atoms with Crippen LogP contribution in [-0.2, 0) is 19.1 Å². The van der Waals surface area contributed by atoms with E-state index in [0.29, 0.717) is 6.42 Å². The van der Waals surface area contributed by atoms with E-state index in [2.05, 4.69) is 6.92 Å². The van der Waals surface area contributed by atoms with Crippen LogP contribution in [0.3, 0.4) is 0 Å². The Morgan fingerprint density at radius 2 is 1.59 bits per heavy atom. The lowest BCUT2D eigenvalue weighted by Gasteiger charge is -2.23. The highest BCUT2D eigenvalue weighted by atomic mass is 16.5. The van der Waals surface area contributed by atoms with E-state index in [1.54, 1.807) is 0 Å². The van der Waals surface area contributed by atoms with Gasteiger partial charge >= 0.3 is 11.9 Å². The first-order chi connectivity index (χ1) is 10.7. The van der Waals surface area contributed by atoms with Crippen LogP contribution in [0.15, 0.2) is 30.3 Å². The Balaban J connectivity index is 2.98. The molecule has 122 valence electrons. The molecule has 0 fully saturated rings. The van der Waals surface area contributed by atoms with Gasteiger partial charge in [-0.15, -0.1) is 0 Å². The summed E-state index contributed by atoms with van der Waals surface area (Å²) < 4.78 is 9.84. The van der Waals surface area contributed by atoms with Crippen LogP contribution in [0.5, 0.6) is 0 Å². The molecular formula is C18H26O4. The van der Waals surface area contributed by atoms with E-state index in [9.17, 15) is 9.59 Å². The highest BCUT2D eigenvalue weighted by molar-refractivity contribution is 5.86. The third kappa shape index (κ3) is 5.17. The van der Waals surface area contributed by atoms with E-state index in [-0.39, 0.29) is 5.97 Å². The minimum atomic E-state index is -0.611. The minimum absolute atomic E-state index is 0.351. The Morgan fingerprint density at radius 3 is 2.14 bits per heavy atom. The van der Waals surface area contributed by atoms with Crippen LogP contribution >= 0.6 is 0 Å². The van der Waals surface area contributed by atoms with Gasteiger partial charge in [0.25, 0.3) is 0 Å². The number of ether oxygens (including phenoxy) is 2. The summed E-state index contributed by atoms with van der Waals surface area (Å²) >= 11 is 0. The van der Waals surface area contributed by atoms with Gasteiger partial charge in [-0.2, -0.15) is 0 Å². The molecule has 0 aromatic heterocycles. The molecule has 0 saturated carbocycles. The van der Waals surface area contributed by atoms with Crippen molar-refractivity contribution in [1.29, 1.82) is 0 Å². The molecule has 22 heavy (non-hydrogen) atoms. The number of carbonyl (C=O) groups excluding carboxylic acids is 2. The lowest BCUT2D eigenvalue weighted by Crippen LogP contribution is -2.30. The van der Waals surface area contributed by atoms with Crippen LogP contribution in [0.4, 0.5) is 0 Å². The second kappa shape index (κ2) is 9.98. The molecule has 1 aromatic rings.